The maximum atomic E-state index is 12.9. The molecule has 0 aliphatic heterocycles. The number of esters is 2. The number of alkyl halides is 3. The van der Waals surface area contributed by atoms with Crippen molar-refractivity contribution in [2.75, 3.05) is 26.9 Å². The zero-order chi connectivity index (χ0) is 37.4. The minimum absolute atomic E-state index is 0.0134. The van der Waals surface area contributed by atoms with E-state index < -0.39 is 47.1 Å². The molecule has 1 aliphatic rings. The molecule has 51 heavy (non-hydrogen) atoms. The second-order valence-electron chi connectivity index (χ2n) is 12.1. The largest absolute Gasteiger partial charge is 0.493 e. The van der Waals surface area contributed by atoms with Crippen molar-refractivity contribution in [3.8, 4) is 17.2 Å². The van der Waals surface area contributed by atoms with Crippen LogP contribution in [0.2, 0.25) is 0 Å². The topological polar surface area (TPSA) is 184 Å². The molecule has 0 amide bonds. The molecule has 0 radical (unpaired) electrons. The third-order valence-electron chi connectivity index (χ3n) is 8.38. The van der Waals surface area contributed by atoms with Crippen LogP contribution in [0.1, 0.15) is 73.7 Å². The number of rotatable bonds is 21. The number of unbranched alkanes of at least 4 members (excludes halogenated alkanes) is 2. The minimum Gasteiger partial charge on any atom is -0.493 e. The van der Waals surface area contributed by atoms with Crippen molar-refractivity contribution >= 4 is 11.9 Å². The number of hydrogen-bond acceptors (Lipinski definition) is 12. The van der Waals surface area contributed by atoms with Crippen molar-refractivity contribution in [2.45, 2.75) is 82.3 Å². The molecule has 0 spiro atoms. The first kappa shape index (κ1) is 41.0. The van der Waals surface area contributed by atoms with Crippen LogP contribution in [0.4, 0.5) is 13.2 Å². The lowest BCUT2D eigenvalue weighted by Gasteiger charge is -2.23. The highest BCUT2D eigenvalue weighted by Gasteiger charge is 2.40. The van der Waals surface area contributed by atoms with E-state index in [1.54, 1.807) is 0 Å². The van der Waals surface area contributed by atoms with E-state index in [2.05, 4.69) is 4.84 Å². The van der Waals surface area contributed by atoms with Crippen molar-refractivity contribution in [3.05, 3.63) is 75.9 Å². The van der Waals surface area contributed by atoms with Gasteiger partial charge >= 0.3 is 18.1 Å². The van der Waals surface area contributed by atoms with Gasteiger partial charge in [0.05, 0.1) is 49.8 Å². The Hall–Kier alpha value is -4.41. The molecule has 2 aromatic rings. The number of ether oxygens (including phenoxy) is 4. The van der Waals surface area contributed by atoms with Crippen LogP contribution in [0, 0.1) is 22.0 Å². The van der Waals surface area contributed by atoms with Crippen molar-refractivity contribution in [3.63, 3.8) is 0 Å². The first-order valence-corrected chi connectivity index (χ1v) is 16.6. The van der Waals surface area contributed by atoms with Gasteiger partial charge < -0.3 is 39.1 Å². The van der Waals surface area contributed by atoms with Crippen molar-refractivity contribution < 1.29 is 67.0 Å². The predicted molar refractivity (Wildman–Crippen MR) is 174 cm³/mol. The smallest absolute Gasteiger partial charge is 0.416 e. The van der Waals surface area contributed by atoms with Crippen LogP contribution >= 0.6 is 0 Å². The van der Waals surface area contributed by atoms with Crippen LogP contribution < -0.4 is 14.2 Å². The van der Waals surface area contributed by atoms with Gasteiger partial charge in [0.25, 0.3) is 5.09 Å². The quantitative estimate of drug-likeness (QED) is 0.0369. The summed E-state index contributed by atoms with van der Waals surface area (Å²) < 4.78 is 59.9. The fourth-order valence-corrected chi connectivity index (χ4v) is 5.71. The maximum Gasteiger partial charge on any atom is 0.416 e. The Labute approximate surface area is 293 Å². The highest BCUT2D eigenvalue weighted by molar-refractivity contribution is 5.90. The molecule has 2 aromatic carbocycles. The standard InChI is InChI=1S/C35H44F3NO12/c1-47-32-19-23(34(44)48-17-6-7-18-50-39(45)46)13-16-31(32)51-33(43)12-5-3-2-4-11-27-28(30(42)21-29(27)41)15-14-25(40)22-49-26-10-8-9-24(20-26)35(36,37)38/h2,4,8-10,13,16,19-20,25,27-30,40-42H,3,5-7,11-12,14-15,17-18,21-22H2,1H3/b4-2-/t25-,27-,28-,29+,30-/m1/s1. The summed E-state index contributed by atoms with van der Waals surface area (Å²) in [6.45, 7) is -0.284. The van der Waals surface area contributed by atoms with Gasteiger partial charge in [-0.25, -0.2) is 4.79 Å². The van der Waals surface area contributed by atoms with E-state index in [0.29, 0.717) is 38.5 Å². The van der Waals surface area contributed by atoms with Gasteiger partial charge in [0, 0.05) is 6.42 Å². The van der Waals surface area contributed by atoms with Gasteiger partial charge in [-0.2, -0.15) is 13.2 Å². The molecule has 5 atom stereocenters. The highest BCUT2D eigenvalue weighted by atomic mass is 19.4. The van der Waals surface area contributed by atoms with Gasteiger partial charge in [-0.3, -0.25) is 4.79 Å². The lowest BCUT2D eigenvalue weighted by Crippen LogP contribution is -2.25. The Bertz CT molecular complexity index is 1450. The van der Waals surface area contributed by atoms with Crippen LogP contribution in [-0.4, -0.2) is 77.6 Å². The number of aliphatic hydroxyl groups is 3. The molecule has 3 rings (SSSR count). The number of allylic oxidation sites excluding steroid dienone is 2. The van der Waals surface area contributed by atoms with Crippen molar-refractivity contribution in [1.82, 2.24) is 0 Å². The third-order valence-corrected chi connectivity index (χ3v) is 8.38. The van der Waals surface area contributed by atoms with Crippen molar-refractivity contribution in [2.24, 2.45) is 11.8 Å². The Morgan fingerprint density at radius 3 is 2.49 bits per heavy atom. The molecule has 13 nitrogen and oxygen atoms in total. The first-order valence-electron chi connectivity index (χ1n) is 16.6. The normalized spacial score (nSPS) is 19.4. The molecule has 1 saturated carbocycles. The predicted octanol–water partition coefficient (Wildman–Crippen LogP) is 5.46. The summed E-state index contributed by atoms with van der Waals surface area (Å²) >= 11 is 0. The first-order chi connectivity index (χ1) is 24.3. The summed E-state index contributed by atoms with van der Waals surface area (Å²) in [5.74, 6) is -1.45. The fourth-order valence-electron chi connectivity index (χ4n) is 5.71. The molecule has 1 fully saturated rings. The van der Waals surface area contributed by atoms with Gasteiger partial charge in [0.15, 0.2) is 11.5 Å². The number of aliphatic hydroxyl groups excluding tert-OH is 3. The third kappa shape index (κ3) is 14.0. The summed E-state index contributed by atoms with van der Waals surface area (Å²) in [5.41, 5.74) is -0.686. The lowest BCUT2D eigenvalue weighted by molar-refractivity contribution is -0.757. The highest BCUT2D eigenvalue weighted by Crippen LogP contribution is 2.38. The van der Waals surface area contributed by atoms with Crippen LogP contribution in [-0.2, 0) is 20.5 Å². The van der Waals surface area contributed by atoms with E-state index in [1.807, 2.05) is 12.2 Å². The minimum atomic E-state index is -4.51. The molecule has 0 saturated heterocycles. The average molecular weight is 728 g/mol. The van der Waals surface area contributed by atoms with Gasteiger partial charge in [-0.05, 0) is 99.6 Å². The lowest BCUT2D eigenvalue weighted by atomic mass is 9.86. The number of nitrogens with zero attached hydrogens (tertiary/aromatic N) is 1. The number of hydrogen-bond donors (Lipinski definition) is 3. The van der Waals surface area contributed by atoms with Gasteiger partial charge in [-0.1, -0.05) is 18.2 Å². The van der Waals surface area contributed by atoms with Gasteiger partial charge in [-0.15, -0.1) is 10.1 Å². The number of carbonyl (C=O) groups excluding carboxylic acids is 2. The summed E-state index contributed by atoms with van der Waals surface area (Å²) in [5, 5.41) is 40.7. The molecular formula is C35H44F3NO12. The molecule has 1 aliphatic carbocycles. The Balaban J connectivity index is 1.37. The molecule has 16 heteroatoms. The maximum absolute atomic E-state index is 12.9. The fraction of sp³-hybridized carbons (Fsp3) is 0.543. The summed E-state index contributed by atoms with van der Waals surface area (Å²) in [7, 11) is 1.36. The molecule has 282 valence electrons. The number of carbonyl (C=O) groups is 2. The molecular weight excluding hydrogens is 683 g/mol. The molecule has 0 unspecified atom stereocenters. The zero-order valence-corrected chi connectivity index (χ0v) is 28.2. The van der Waals surface area contributed by atoms with E-state index >= 15 is 0 Å². The van der Waals surface area contributed by atoms with Crippen LogP contribution in [0.15, 0.2) is 54.6 Å². The Morgan fingerprint density at radius 1 is 1.02 bits per heavy atom. The molecule has 3 N–H and O–H groups in total. The Morgan fingerprint density at radius 2 is 1.76 bits per heavy atom. The van der Waals surface area contributed by atoms with Crippen LogP contribution in [0.25, 0.3) is 0 Å². The second-order valence-corrected chi connectivity index (χ2v) is 12.1. The zero-order valence-electron chi connectivity index (χ0n) is 28.2. The Kier molecular flexibility index (Phi) is 16.4. The van der Waals surface area contributed by atoms with Gasteiger partial charge in [0.2, 0.25) is 0 Å². The molecule has 0 bridgehead atoms. The average Bonchev–Trinajstić information content (AvgIpc) is 3.36. The van der Waals surface area contributed by atoms with E-state index in [4.69, 9.17) is 18.9 Å². The summed E-state index contributed by atoms with van der Waals surface area (Å²) in [4.78, 5) is 39.1. The number of methoxy groups -OCH3 is 1. The van der Waals surface area contributed by atoms with E-state index in [9.17, 15) is 48.2 Å². The number of benzene rings is 2. The van der Waals surface area contributed by atoms with Gasteiger partial charge in [0.1, 0.15) is 12.4 Å². The van der Waals surface area contributed by atoms with Crippen molar-refractivity contribution in [1.29, 1.82) is 0 Å². The molecule has 0 heterocycles. The second kappa shape index (κ2) is 20.4. The molecule has 0 aromatic heterocycles. The summed E-state index contributed by atoms with van der Waals surface area (Å²) in [6, 6.07) is 8.60. The van der Waals surface area contributed by atoms with Crippen LogP contribution in [0.3, 0.4) is 0 Å². The van der Waals surface area contributed by atoms with Crippen LogP contribution in [0.5, 0.6) is 17.2 Å². The van der Waals surface area contributed by atoms with E-state index in [0.717, 1.165) is 12.1 Å². The summed E-state index contributed by atoms with van der Waals surface area (Å²) in [6.07, 6.45) is -0.203. The SMILES string of the molecule is COc1cc(C(=O)OCCCCO[N+](=O)[O-])ccc1OC(=O)CCC/C=C\C[C@@H]1[C@@H](CC[C@@H](O)COc2cccc(C(F)(F)F)c2)[C@H](O)C[C@@H]1O. The van der Waals surface area contributed by atoms with E-state index in [-0.39, 0.29) is 73.7 Å². The monoisotopic (exact) mass is 727 g/mol. The number of halogens is 3. The van der Waals surface area contributed by atoms with E-state index in [1.165, 1.54) is 37.4 Å².